The van der Waals surface area contributed by atoms with E-state index >= 15 is 0 Å². The second-order valence-electron chi connectivity index (χ2n) is 9.33. The minimum atomic E-state index is -1.79. The topological polar surface area (TPSA) is 36.3 Å². The Hall–Kier alpha value is -1.15. The molecule has 2 fully saturated rings. The van der Waals surface area contributed by atoms with Gasteiger partial charge in [0.25, 0.3) is 0 Å². The van der Waals surface area contributed by atoms with Gasteiger partial charge in [0.1, 0.15) is 0 Å². The van der Waals surface area contributed by atoms with E-state index < -0.39 is 8.32 Å². The molecule has 0 aliphatic carbocycles. The first-order valence-electron chi connectivity index (χ1n) is 9.58. The number of piperidine rings is 1. The van der Waals surface area contributed by atoms with Crippen LogP contribution in [0.5, 0.6) is 0 Å². The number of rotatable bonds is 4. The van der Waals surface area contributed by atoms with Crippen LogP contribution in [0.25, 0.3) is 0 Å². The predicted octanol–water partition coefficient (Wildman–Crippen LogP) is 4.95. The zero-order chi connectivity index (χ0) is 18.2. The Balaban J connectivity index is 1.79. The van der Waals surface area contributed by atoms with Gasteiger partial charge in [-0.15, -0.1) is 0 Å². The first-order chi connectivity index (χ1) is 11.7. The maximum absolute atomic E-state index is 9.48. The normalized spacial score (nSPS) is 30.2. The van der Waals surface area contributed by atoms with Crippen LogP contribution in [0.2, 0.25) is 18.1 Å². The first kappa shape index (κ1) is 18.6. The van der Waals surface area contributed by atoms with E-state index in [4.69, 9.17) is 4.43 Å². The lowest BCUT2D eigenvalue weighted by molar-refractivity contribution is 0.0702. The fraction of sp³-hybridized carbons (Fsp3) is 0.667. The minimum absolute atomic E-state index is 0.190. The van der Waals surface area contributed by atoms with Crippen molar-refractivity contribution in [2.24, 2.45) is 5.92 Å². The lowest BCUT2D eigenvalue weighted by Gasteiger charge is -2.42. The molecule has 136 valence electrons. The summed E-state index contributed by atoms with van der Waals surface area (Å²) in [5.74, 6) is 0.190. The summed E-state index contributed by atoms with van der Waals surface area (Å²) in [5, 5.41) is 9.70. The van der Waals surface area contributed by atoms with Crippen LogP contribution >= 0.6 is 0 Å². The lowest BCUT2D eigenvalue weighted by atomic mass is 9.91. The zero-order valence-electron chi connectivity index (χ0n) is 16.3. The molecular formula is C21H32N2OSi. The Bertz CT molecular complexity index is 632. The van der Waals surface area contributed by atoms with Crippen molar-refractivity contribution in [3.05, 3.63) is 35.9 Å². The molecular weight excluding hydrogens is 324 g/mol. The molecule has 2 aliphatic heterocycles. The number of nitriles is 1. The molecule has 2 saturated heterocycles. The van der Waals surface area contributed by atoms with Gasteiger partial charge < -0.3 is 4.43 Å². The average molecular weight is 357 g/mol. The van der Waals surface area contributed by atoms with E-state index in [1.165, 1.54) is 5.56 Å². The highest BCUT2D eigenvalue weighted by Gasteiger charge is 2.50. The van der Waals surface area contributed by atoms with Gasteiger partial charge >= 0.3 is 0 Å². The highest BCUT2D eigenvalue weighted by molar-refractivity contribution is 6.74. The van der Waals surface area contributed by atoms with Gasteiger partial charge in [0, 0.05) is 24.5 Å². The summed E-state index contributed by atoms with van der Waals surface area (Å²) in [4.78, 5) is 2.63. The van der Waals surface area contributed by atoms with E-state index in [-0.39, 0.29) is 17.1 Å². The van der Waals surface area contributed by atoms with Gasteiger partial charge in [-0.25, -0.2) is 0 Å². The zero-order valence-corrected chi connectivity index (χ0v) is 17.3. The molecule has 0 radical (unpaired) electrons. The quantitative estimate of drug-likeness (QED) is 0.716. The van der Waals surface area contributed by atoms with Gasteiger partial charge in [0.15, 0.2) is 8.32 Å². The van der Waals surface area contributed by atoms with Crippen LogP contribution in [0.3, 0.4) is 0 Å². The molecule has 3 rings (SSSR count). The Kier molecular flexibility index (Phi) is 5.12. The molecule has 4 atom stereocenters. The third kappa shape index (κ3) is 3.84. The van der Waals surface area contributed by atoms with E-state index in [0.717, 1.165) is 25.8 Å². The van der Waals surface area contributed by atoms with Gasteiger partial charge in [-0.05, 0) is 43.0 Å². The van der Waals surface area contributed by atoms with Crippen LogP contribution < -0.4 is 0 Å². The third-order valence-electron chi connectivity index (χ3n) is 6.55. The Morgan fingerprint density at radius 1 is 1.16 bits per heavy atom. The molecule has 2 heterocycles. The maximum atomic E-state index is 9.48. The van der Waals surface area contributed by atoms with Crippen molar-refractivity contribution in [2.75, 3.05) is 0 Å². The fourth-order valence-electron chi connectivity index (χ4n) is 4.11. The van der Waals surface area contributed by atoms with Crippen LogP contribution in [0, 0.1) is 17.2 Å². The smallest absolute Gasteiger partial charge is 0.192 e. The first-order valence-corrected chi connectivity index (χ1v) is 12.5. The Labute approximate surface area is 154 Å². The molecule has 1 aromatic carbocycles. The van der Waals surface area contributed by atoms with Crippen molar-refractivity contribution in [2.45, 2.75) is 82.9 Å². The fourth-order valence-corrected chi connectivity index (χ4v) is 5.47. The Morgan fingerprint density at radius 2 is 1.84 bits per heavy atom. The van der Waals surface area contributed by atoms with Crippen molar-refractivity contribution >= 4 is 8.32 Å². The van der Waals surface area contributed by atoms with E-state index in [9.17, 15) is 5.26 Å². The number of benzene rings is 1. The summed E-state index contributed by atoms with van der Waals surface area (Å²) in [6.45, 7) is 12.6. The molecule has 2 bridgehead atoms. The van der Waals surface area contributed by atoms with Crippen LogP contribution in [0.15, 0.2) is 30.3 Å². The van der Waals surface area contributed by atoms with Crippen LogP contribution in [0.1, 0.15) is 45.6 Å². The highest BCUT2D eigenvalue weighted by Crippen LogP contribution is 2.45. The van der Waals surface area contributed by atoms with E-state index in [0.29, 0.717) is 12.1 Å². The largest absolute Gasteiger partial charge is 0.412 e. The van der Waals surface area contributed by atoms with Crippen molar-refractivity contribution in [3.8, 4) is 6.07 Å². The number of nitrogens with zero attached hydrogens (tertiary/aromatic N) is 2. The van der Waals surface area contributed by atoms with E-state index in [1.54, 1.807) is 0 Å². The summed E-state index contributed by atoms with van der Waals surface area (Å²) < 4.78 is 6.83. The third-order valence-corrected chi connectivity index (χ3v) is 11.1. The number of fused-ring (bicyclic) bond motifs is 2. The molecule has 2 aliphatic rings. The van der Waals surface area contributed by atoms with Gasteiger partial charge in [-0.1, -0.05) is 51.1 Å². The lowest BCUT2D eigenvalue weighted by Crippen LogP contribution is -2.49. The molecule has 0 amide bonds. The van der Waals surface area contributed by atoms with E-state index in [1.807, 2.05) is 0 Å². The SMILES string of the molecule is CC(C)(C)[Si](C)(C)OC1CC2CC(C#N)CC1N2Cc1ccccc1. The van der Waals surface area contributed by atoms with Gasteiger partial charge in [-0.2, -0.15) is 5.26 Å². The average Bonchev–Trinajstić information content (AvgIpc) is 2.73. The van der Waals surface area contributed by atoms with Crippen molar-refractivity contribution in [1.29, 1.82) is 5.26 Å². The maximum Gasteiger partial charge on any atom is 0.192 e. The summed E-state index contributed by atoms with van der Waals surface area (Å²) in [6.07, 6.45) is 3.33. The monoisotopic (exact) mass is 356 g/mol. The van der Waals surface area contributed by atoms with Gasteiger partial charge in [0.05, 0.1) is 12.2 Å². The number of hydrogen-bond donors (Lipinski definition) is 0. The van der Waals surface area contributed by atoms with Crippen molar-refractivity contribution < 1.29 is 4.43 Å². The minimum Gasteiger partial charge on any atom is -0.412 e. The standard InChI is InChI=1S/C21H32N2OSi/c1-21(2,3)25(4,5)24-20-13-18-11-17(14-22)12-19(20)23(18)15-16-9-7-6-8-10-16/h6-10,17-20H,11-13,15H2,1-5H3. The van der Waals surface area contributed by atoms with Gasteiger partial charge in [-0.3, -0.25) is 4.90 Å². The van der Waals surface area contributed by atoms with E-state index in [2.05, 4.69) is 75.2 Å². The van der Waals surface area contributed by atoms with Crippen molar-refractivity contribution in [1.82, 2.24) is 4.90 Å². The van der Waals surface area contributed by atoms with Crippen LogP contribution in [-0.2, 0) is 11.0 Å². The summed E-state index contributed by atoms with van der Waals surface area (Å²) in [6, 6.07) is 14.1. The second-order valence-corrected chi connectivity index (χ2v) is 14.1. The van der Waals surface area contributed by atoms with Gasteiger partial charge in [0.2, 0.25) is 0 Å². The number of hydrogen-bond acceptors (Lipinski definition) is 3. The predicted molar refractivity (Wildman–Crippen MR) is 105 cm³/mol. The molecule has 4 unspecified atom stereocenters. The molecule has 1 aromatic rings. The molecule has 0 saturated carbocycles. The Morgan fingerprint density at radius 3 is 2.44 bits per heavy atom. The summed E-state index contributed by atoms with van der Waals surface area (Å²) >= 11 is 0. The molecule has 0 aromatic heterocycles. The van der Waals surface area contributed by atoms with Crippen molar-refractivity contribution in [3.63, 3.8) is 0 Å². The van der Waals surface area contributed by atoms with Crippen LogP contribution in [0.4, 0.5) is 0 Å². The molecule has 0 N–H and O–H groups in total. The highest BCUT2D eigenvalue weighted by atomic mass is 28.4. The van der Waals surface area contributed by atoms with Crippen LogP contribution in [-0.4, -0.2) is 31.4 Å². The molecule has 4 heteroatoms. The second kappa shape index (κ2) is 6.87. The summed E-state index contributed by atoms with van der Waals surface area (Å²) in [7, 11) is -1.79. The molecule has 0 spiro atoms. The molecule has 25 heavy (non-hydrogen) atoms. The molecule has 3 nitrogen and oxygen atoms in total. The summed E-state index contributed by atoms with van der Waals surface area (Å²) in [5.41, 5.74) is 1.36.